The lowest BCUT2D eigenvalue weighted by molar-refractivity contribution is -0.113. The summed E-state index contributed by atoms with van der Waals surface area (Å²) in [5.41, 5.74) is 5.17. The van der Waals surface area contributed by atoms with E-state index in [4.69, 9.17) is 0 Å². The molecule has 0 aliphatic heterocycles. The summed E-state index contributed by atoms with van der Waals surface area (Å²) in [7, 11) is 0. The van der Waals surface area contributed by atoms with Gasteiger partial charge in [-0.25, -0.2) is 4.98 Å². The Hall–Kier alpha value is -2.27. The van der Waals surface area contributed by atoms with Crippen LogP contribution in [0, 0.1) is 13.8 Å². The fraction of sp³-hybridized carbons (Fsp3) is 0.222. The van der Waals surface area contributed by atoms with Gasteiger partial charge in [-0.2, -0.15) is 0 Å². The second-order valence-corrected chi connectivity index (χ2v) is 6.47. The van der Waals surface area contributed by atoms with Crippen LogP contribution in [0.1, 0.15) is 17.0 Å². The van der Waals surface area contributed by atoms with Gasteiger partial charge in [-0.15, -0.1) is 11.8 Å². The predicted molar refractivity (Wildman–Crippen MR) is 96.8 cm³/mol. The first-order valence-corrected chi connectivity index (χ1v) is 8.66. The molecule has 2 aromatic carbocycles. The Balaban J connectivity index is 1.54. The van der Waals surface area contributed by atoms with E-state index in [9.17, 15) is 4.79 Å². The maximum atomic E-state index is 12.1. The van der Waals surface area contributed by atoms with Crippen LogP contribution in [0.2, 0.25) is 0 Å². The minimum absolute atomic E-state index is 0.0137. The van der Waals surface area contributed by atoms with E-state index in [2.05, 4.69) is 15.3 Å². The lowest BCUT2D eigenvalue weighted by Crippen LogP contribution is -2.15. The van der Waals surface area contributed by atoms with Gasteiger partial charge >= 0.3 is 0 Å². The van der Waals surface area contributed by atoms with E-state index in [-0.39, 0.29) is 5.91 Å². The summed E-state index contributed by atoms with van der Waals surface area (Å²) in [6.45, 7) is 4.06. The molecule has 118 valence electrons. The fourth-order valence-corrected chi connectivity index (χ4v) is 3.08. The Bertz CT molecular complexity index is 808. The first-order valence-electron chi connectivity index (χ1n) is 7.51. The molecule has 3 rings (SSSR count). The van der Waals surface area contributed by atoms with Gasteiger partial charge in [0.25, 0.3) is 0 Å². The lowest BCUT2D eigenvalue weighted by atomic mass is 10.1. The summed E-state index contributed by atoms with van der Waals surface area (Å²) < 4.78 is 0. The number of hydrogen-bond donors (Lipinski definition) is 2. The third-order valence-corrected chi connectivity index (χ3v) is 4.73. The molecule has 0 saturated carbocycles. The van der Waals surface area contributed by atoms with E-state index in [1.807, 2.05) is 56.3 Å². The van der Waals surface area contributed by atoms with Crippen molar-refractivity contribution < 1.29 is 4.79 Å². The number of para-hydroxylation sites is 2. The molecule has 0 atom stereocenters. The highest BCUT2D eigenvalue weighted by Gasteiger charge is 2.07. The molecular weight excluding hydrogens is 306 g/mol. The Kier molecular flexibility index (Phi) is 4.67. The van der Waals surface area contributed by atoms with Gasteiger partial charge in [0, 0.05) is 5.69 Å². The summed E-state index contributed by atoms with van der Waals surface area (Å²) in [6.07, 6.45) is 0. The standard InChI is InChI=1S/C18H19N3OS/c1-12-6-5-9-14(13(12)2)21-18(22)11-23-10-17-19-15-7-3-4-8-16(15)20-17/h3-9H,10-11H2,1-2H3,(H,19,20)(H,21,22). The van der Waals surface area contributed by atoms with Crippen LogP contribution in [0.5, 0.6) is 0 Å². The van der Waals surface area contributed by atoms with Crippen LogP contribution < -0.4 is 5.32 Å². The Morgan fingerprint density at radius 2 is 2.00 bits per heavy atom. The van der Waals surface area contributed by atoms with Crippen molar-refractivity contribution in [3.63, 3.8) is 0 Å². The summed E-state index contributed by atoms with van der Waals surface area (Å²) in [5.74, 6) is 2.01. The van der Waals surface area contributed by atoms with Crippen molar-refractivity contribution in [2.75, 3.05) is 11.1 Å². The normalized spacial score (nSPS) is 10.9. The molecule has 0 radical (unpaired) electrons. The molecule has 0 bridgehead atoms. The molecular formula is C18H19N3OS. The van der Waals surface area contributed by atoms with Crippen LogP contribution in [0.3, 0.4) is 0 Å². The van der Waals surface area contributed by atoms with Crippen LogP contribution in [0.25, 0.3) is 11.0 Å². The lowest BCUT2D eigenvalue weighted by Gasteiger charge is -2.09. The average molecular weight is 325 g/mol. The summed E-state index contributed by atoms with van der Waals surface area (Å²) in [6, 6.07) is 13.9. The Morgan fingerprint density at radius 3 is 2.83 bits per heavy atom. The van der Waals surface area contributed by atoms with Gasteiger partial charge in [0.1, 0.15) is 5.82 Å². The topological polar surface area (TPSA) is 57.8 Å². The molecule has 1 amide bonds. The van der Waals surface area contributed by atoms with Crippen LogP contribution in [0.15, 0.2) is 42.5 Å². The molecule has 0 aliphatic carbocycles. The summed E-state index contributed by atoms with van der Waals surface area (Å²) in [4.78, 5) is 19.9. The van der Waals surface area contributed by atoms with Crippen molar-refractivity contribution in [3.8, 4) is 0 Å². The second kappa shape index (κ2) is 6.87. The average Bonchev–Trinajstić information content (AvgIpc) is 2.94. The number of nitrogens with zero attached hydrogens (tertiary/aromatic N) is 1. The van der Waals surface area contributed by atoms with Crippen molar-refractivity contribution in [3.05, 3.63) is 59.4 Å². The minimum Gasteiger partial charge on any atom is -0.341 e. The molecule has 23 heavy (non-hydrogen) atoms. The van der Waals surface area contributed by atoms with E-state index in [1.54, 1.807) is 11.8 Å². The molecule has 3 aromatic rings. The highest BCUT2D eigenvalue weighted by Crippen LogP contribution is 2.19. The Labute approximate surface area is 139 Å². The van der Waals surface area contributed by atoms with Crippen molar-refractivity contribution in [2.45, 2.75) is 19.6 Å². The number of amides is 1. The van der Waals surface area contributed by atoms with Crippen LogP contribution in [-0.4, -0.2) is 21.6 Å². The molecule has 0 aliphatic rings. The van der Waals surface area contributed by atoms with Gasteiger partial charge in [0.05, 0.1) is 22.5 Å². The van der Waals surface area contributed by atoms with E-state index in [0.29, 0.717) is 11.5 Å². The number of H-pyrrole nitrogens is 1. The molecule has 4 nitrogen and oxygen atoms in total. The molecule has 5 heteroatoms. The number of rotatable bonds is 5. The molecule has 0 saturated heterocycles. The zero-order valence-corrected chi connectivity index (χ0v) is 14.0. The van der Waals surface area contributed by atoms with Crippen molar-refractivity contribution in [1.29, 1.82) is 0 Å². The number of aromatic nitrogens is 2. The highest BCUT2D eigenvalue weighted by molar-refractivity contribution is 7.99. The largest absolute Gasteiger partial charge is 0.341 e. The van der Waals surface area contributed by atoms with Gasteiger partial charge < -0.3 is 10.3 Å². The van der Waals surface area contributed by atoms with E-state index in [1.165, 1.54) is 5.56 Å². The molecule has 0 unspecified atom stereocenters. The highest BCUT2D eigenvalue weighted by atomic mass is 32.2. The van der Waals surface area contributed by atoms with Gasteiger partial charge in [-0.05, 0) is 43.2 Å². The predicted octanol–water partition coefficient (Wildman–Crippen LogP) is 4.05. The fourth-order valence-electron chi connectivity index (χ4n) is 2.39. The van der Waals surface area contributed by atoms with Crippen molar-refractivity contribution >= 4 is 34.4 Å². The minimum atomic E-state index is 0.0137. The maximum absolute atomic E-state index is 12.1. The number of hydrogen-bond acceptors (Lipinski definition) is 3. The molecule has 1 heterocycles. The maximum Gasteiger partial charge on any atom is 0.234 e. The third kappa shape index (κ3) is 3.74. The van der Waals surface area contributed by atoms with Crippen molar-refractivity contribution in [1.82, 2.24) is 9.97 Å². The smallest absolute Gasteiger partial charge is 0.234 e. The number of imidazole rings is 1. The van der Waals surface area contributed by atoms with Crippen molar-refractivity contribution in [2.24, 2.45) is 0 Å². The van der Waals surface area contributed by atoms with Gasteiger partial charge in [-0.1, -0.05) is 24.3 Å². The first kappa shape index (κ1) is 15.6. The van der Waals surface area contributed by atoms with E-state index >= 15 is 0 Å². The Morgan fingerprint density at radius 1 is 1.17 bits per heavy atom. The van der Waals surface area contributed by atoms with Crippen LogP contribution in [-0.2, 0) is 10.5 Å². The van der Waals surface area contributed by atoms with Gasteiger partial charge in [0.2, 0.25) is 5.91 Å². The number of anilines is 1. The first-order chi connectivity index (χ1) is 11.1. The molecule has 2 N–H and O–H groups in total. The van der Waals surface area contributed by atoms with E-state index < -0.39 is 0 Å². The third-order valence-electron chi connectivity index (χ3n) is 3.79. The van der Waals surface area contributed by atoms with E-state index in [0.717, 1.165) is 28.1 Å². The quantitative estimate of drug-likeness (QED) is 0.744. The molecule has 0 spiro atoms. The zero-order chi connectivity index (χ0) is 16.2. The number of carbonyl (C=O) groups excluding carboxylic acids is 1. The number of aryl methyl sites for hydroxylation is 1. The summed E-state index contributed by atoms with van der Waals surface area (Å²) >= 11 is 1.55. The summed E-state index contributed by atoms with van der Waals surface area (Å²) in [5, 5.41) is 2.97. The van der Waals surface area contributed by atoms with Gasteiger partial charge in [-0.3, -0.25) is 4.79 Å². The SMILES string of the molecule is Cc1cccc(NC(=O)CSCc2nc3ccccc3[nH]2)c1C. The number of thioether (sulfide) groups is 1. The number of nitrogens with one attached hydrogen (secondary N) is 2. The van der Waals surface area contributed by atoms with Gasteiger partial charge in [0.15, 0.2) is 0 Å². The molecule has 1 aromatic heterocycles. The van der Waals surface area contributed by atoms with Crippen LogP contribution in [0.4, 0.5) is 5.69 Å². The second-order valence-electron chi connectivity index (χ2n) is 5.49. The monoisotopic (exact) mass is 325 g/mol. The van der Waals surface area contributed by atoms with Crippen LogP contribution >= 0.6 is 11.8 Å². The number of fused-ring (bicyclic) bond motifs is 1. The number of carbonyl (C=O) groups is 1. The number of benzene rings is 2. The molecule has 0 fully saturated rings. The number of aromatic amines is 1. The zero-order valence-electron chi connectivity index (χ0n) is 13.2.